The summed E-state index contributed by atoms with van der Waals surface area (Å²) in [7, 11) is 0. The number of aromatic nitrogens is 2. The highest BCUT2D eigenvalue weighted by Gasteiger charge is 2.42. The summed E-state index contributed by atoms with van der Waals surface area (Å²) in [4.78, 5) is 131. The summed E-state index contributed by atoms with van der Waals surface area (Å²) >= 11 is 0. The quantitative estimate of drug-likeness (QED) is 0.0223. The van der Waals surface area contributed by atoms with Gasteiger partial charge in [-0.25, -0.2) is 9.78 Å². The van der Waals surface area contributed by atoms with Crippen LogP contribution in [0.1, 0.15) is 89.5 Å². The Hall–Kier alpha value is -8.09. The molecule has 76 heavy (non-hydrogen) atoms. The predicted octanol–water partition coefficient (Wildman–Crippen LogP) is -0.715. The monoisotopic (exact) mass is 1060 g/mol. The van der Waals surface area contributed by atoms with Crippen LogP contribution in [0, 0.1) is 17.2 Å². The van der Waals surface area contributed by atoms with Crippen molar-refractivity contribution in [2.24, 2.45) is 23.3 Å². The third kappa shape index (κ3) is 19.3. The lowest BCUT2D eigenvalue weighted by atomic mass is 9.96. The van der Waals surface area contributed by atoms with E-state index in [0.29, 0.717) is 29.7 Å². The third-order valence-electron chi connectivity index (χ3n) is 12.8. The van der Waals surface area contributed by atoms with E-state index in [9.17, 15) is 58.5 Å². The number of rotatable bonds is 30. The zero-order chi connectivity index (χ0) is 56.1. The average Bonchev–Trinajstić information content (AvgIpc) is 4.09. The predicted molar refractivity (Wildman–Crippen MR) is 276 cm³/mol. The Morgan fingerprint density at radius 1 is 0.763 bits per heavy atom. The Balaban J connectivity index is 1.61. The number of carbonyl (C=O) groups excluding carboxylic acids is 7. The molecule has 25 nitrogen and oxygen atoms in total. The molecular formula is C51H73N13O12. The molecular weight excluding hydrogens is 987 g/mol. The summed E-state index contributed by atoms with van der Waals surface area (Å²) in [6.45, 7) is 7.33. The number of nitrogens with two attached hydrogens (primary N) is 2. The number of aliphatic carboxylic acids is 2. The van der Waals surface area contributed by atoms with Crippen LogP contribution in [-0.2, 0) is 62.4 Å². The van der Waals surface area contributed by atoms with Gasteiger partial charge in [-0.1, -0.05) is 76.6 Å². The fraction of sp³-hybridized carbons (Fsp3) is 0.510. The van der Waals surface area contributed by atoms with E-state index in [2.05, 4.69) is 47.2 Å². The fourth-order valence-electron chi connectivity index (χ4n) is 8.51. The molecule has 0 unspecified atom stereocenters. The Labute approximate surface area is 440 Å². The number of guanidine groups is 1. The molecule has 0 spiro atoms. The zero-order valence-electron chi connectivity index (χ0n) is 43.2. The number of imidazole rings is 1. The molecule has 1 aliphatic heterocycles. The van der Waals surface area contributed by atoms with Crippen LogP contribution in [0.5, 0.6) is 5.75 Å². The molecule has 25 heteroatoms. The van der Waals surface area contributed by atoms with Gasteiger partial charge in [0.05, 0.1) is 24.5 Å². The van der Waals surface area contributed by atoms with Crippen molar-refractivity contribution in [3.8, 4) is 5.75 Å². The van der Waals surface area contributed by atoms with Gasteiger partial charge >= 0.3 is 11.9 Å². The number of carboxylic acids is 2. The first-order valence-electron chi connectivity index (χ1n) is 25.3. The smallest absolute Gasteiger partial charge is 0.326 e. The third-order valence-corrected chi connectivity index (χ3v) is 12.8. The Morgan fingerprint density at radius 3 is 1.89 bits per heavy atom. The zero-order valence-corrected chi connectivity index (χ0v) is 43.2. The second-order valence-electron chi connectivity index (χ2n) is 19.3. The highest BCUT2D eigenvalue weighted by Crippen LogP contribution is 2.23. The summed E-state index contributed by atoms with van der Waals surface area (Å²) in [5, 5.41) is 55.1. The molecule has 9 atom stereocenters. The molecule has 3 aromatic rings. The van der Waals surface area contributed by atoms with Crippen molar-refractivity contribution in [2.45, 2.75) is 140 Å². The van der Waals surface area contributed by atoms with E-state index in [0.717, 1.165) is 0 Å². The molecule has 1 fully saturated rings. The van der Waals surface area contributed by atoms with Crippen molar-refractivity contribution in [3.63, 3.8) is 0 Å². The topological polar surface area (TPSA) is 406 Å². The number of likely N-dealkylation sites (tertiary alicyclic amines) is 1. The van der Waals surface area contributed by atoms with Gasteiger partial charge in [-0.15, -0.1) is 0 Å². The molecule has 1 aromatic heterocycles. The summed E-state index contributed by atoms with van der Waals surface area (Å²) in [6.07, 6.45) is 2.95. The van der Waals surface area contributed by atoms with E-state index < -0.39 is 114 Å². The number of carbonyl (C=O) groups is 9. The van der Waals surface area contributed by atoms with Crippen LogP contribution in [-0.4, -0.2) is 151 Å². The average molecular weight is 1060 g/mol. The van der Waals surface area contributed by atoms with Crippen molar-refractivity contribution < 1.29 is 58.5 Å². The Kier molecular flexibility index (Phi) is 23.6. The standard InChI is InChI=1S/C51H73N13O12/c1-5-29(4)42(63-47(72)37(23-31-15-17-33(65)18-16-31)59-44(69)35(13-9-19-56-51(53)54)58-43(68)34(52)25-41(66)67)49(74)64-20-10-14-40(64)48(73)61-36(22-30-11-7-6-8-12-30)45(70)60-38(24-32-26-55-27-57-32)46(71)62-39(50(75)76)21-28(2)3/h6-8,11-12,15-18,26-29,34-40,42,65H,5,9-10,13-14,19-25,52H2,1-4H3,(H,55,57)(H,58,68)(H,59,69)(H,60,70)(H,61,73)(H,62,71)(H,63,72)(H,66,67)(H,75,76)(H4,53,54,56)/t29-,34-,35-,36-,37-,38-,39-,40-,42-/m0/s1. The van der Waals surface area contributed by atoms with Crippen LogP contribution in [0.25, 0.3) is 0 Å². The van der Waals surface area contributed by atoms with Crippen molar-refractivity contribution in [2.75, 3.05) is 13.1 Å². The van der Waals surface area contributed by atoms with Crippen LogP contribution in [0.4, 0.5) is 0 Å². The number of H-pyrrole nitrogens is 1. The SMILES string of the molecule is CC[C@H](C)[C@H](NC(=O)[C@H](Cc1ccc(O)cc1)NC(=O)[C@H](CCCNC(=N)N)NC(=O)[C@@H](N)CC(=O)O)C(=O)N1CCC[C@H]1C(=O)N[C@@H](Cc1ccccc1)C(=O)N[C@@H](Cc1c[nH]cn1)C(=O)N[C@@H](CC(C)C)C(=O)O. The van der Waals surface area contributed by atoms with Gasteiger partial charge < -0.3 is 73.9 Å². The molecule has 0 radical (unpaired) electrons. The number of aromatic amines is 1. The minimum absolute atomic E-state index is 0.0460. The van der Waals surface area contributed by atoms with Gasteiger partial charge in [-0.05, 0) is 67.2 Å². The van der Waals surface area contributed by atoms with Crippen LogP contribution >= 0.6 is 0 Å². The first kappa shape index (κ1) is 60.5. The number of benzene rings is 2. The Morgan fingerprint density at radius 2 is 1.33 bits per heavy atom. The van der Waals surface area contributed by atoms with Crippen LogP contribution in [0.15, 0.2) is 67.1 Å². The largest absolute Gasteiger partial charge is 0.508 e. The minimum atomic E-state index is -1.52. The number of hydrogen-bond acceptors (Lipinski definition) is 13. The number of nitrogens with zero attached hydrogens (tertiary/aromatic N) is 2. The lowest BCUT2D eigenvalue weighted by molar-refractivity contribution is -0.143. The molecule has 1 aliphatic rings. The second kappa shape index (κ2) is 29.7. The number of aromatic hydroxyl groups is 1. The van der Waals surface area contributed by atoms with Crippen LogP contribution < -0.4 is 48.7 Å². The molecule has 2 heterocycles. The number of phenols is 1. The molecule has 4 rings (SSSR count). The normalized spacial score (nSPS) is 16.3. The highest BCUT2D eigenvalue weighted by atomic mass is 16.4. The van der Waals surface area contributed by atoms with E-state index in [1.54, 1.807) is 58.0 Å². The summed E-state index contributed by atoms with van der Waals surface area (Å²) in [6, 6.07) is 3.96. The number of amides is 7. The van der Waals surface area contributed by atoms with Crippen molar-refractivity contribution >= 4 is 59.2 Å². The first-order valence-corrected chi connectivity index (χ1v) is 25.3. The molecule has 0 saturated carbocycles. The summed E-state index contributed by atoms with van der Waals surface area (Å²) in [5.74, 6) is -9.18. The van der Waals surface area contributed by atoms with E-state index in [1.807, 2.05) is 0 Å². The maximum atomic E-state index is 14.8. The van der Waals surface area contributed by atoms with E-state index >= 15 is 0 Å². The van der Waals surface area contributed by atoms with Gasteiger partial charge in [0.15, 0.2) is 5.96 Å². The van der Waals surface area contributed by atoms with Gasteiger partial charge in [0.25, 0.3) is 0 Å². The molecule has 7 amide bonds. The van der Waals surface area contributed by atoms with Crippen LogP contribution in [0.2, 0.25) is 0 Å². The molecule has 2 aromatic carbocycles. The lowest BCUT2D eigenvalue weighted by Crippen LogP contribution is -2.61. The van der Waals surface area contributed by atoms with Crippen molar-refractivity contribution in [1.82, 2.24) is 52.1 Å². The molecule has 0 bridgehead atoms. The number of nitrogens with one attached hydrogen (secondary N) is 9. The van der Waals surface area contributed by atoms with Gasteiger partial charge in [-0.3, -0.25) is 43.8 Å². The fourth-order valence-corrected chi connectivity index (χ4v) is 8.51. The molecule has 1 saturated heterocycles. The lowest BCUT2D eigenvalue weighted by Gasteiger charge is -2.33. The highest BCUT2D eigenvalue weighted by molar-refractivity contribution is 5.98. The second-order valence-corrected chi connectivity index (χ2v) is 19.3. The van der Waals surface area contributed by atoms with Gasteiger partial charge in [0.2, 0.25) is 41.4 Å². The van der Waals surface area contributed by atoms with E-state index in [-0.39, 0.29) is 75.7 Å². The maximum absolute atomic E-state index is 14.8. The van der Waals surface area contributed by atoms with Gasteiger partial charge in [0.1, 0.15) is 48.0 Å². The Bertz CT molecular complexity index is 2460. The van der Waals surface area contributed by atoms with Crippen molar-refractivity contribution in [1.29, 1.82) is 5.41 Å². The molecule has 16 N–H and O–H groups in total. The van der Waals surface area contributed by atoms with E-state index in [4.69, 9.17) is 16.9 Å². The summed E-state index contributed by atoms with van der Waals surface area (Å²) in [5.41, 5.74) is 12.7. The minimum Gasteiger partial charge on any atom is -0.508 e. The van der Waals surface area contributed by atoms with Gasteiger partial charge in [0, 0.05) is 38.5 Å². The first-order chi connectivity index (χ1) is 36.1. The molecule has 414 valence electrons. The summed E-state index contributed by atoms with van der Waals surface area (Å²) < 4.78 is 0. The van der Waals surface area contributed by atoms with E-state index in [1.165, 1.54) is 41.7 Å². The van der Waals surface area contributed by atoms with Gasteiger partial charge in [-0.2, -0.15) is 0 Å². The maximum Gasteiger partial charge on any atom is 0.326 e. The number of phenolic OH excluding ortho intramolecular Hbond substituents is 1. The molecule has 0 aliphatic carbocycles. The van der Waals surface area contributed by atoms with Crippen LogP contribution in [0.3, 0.4) is 0 Å². The number of hydrogen-bond donors (Lipinski definition) is 14. The van der Waals surface area contributed by atoms with Crippen molar-refractivity contribution in [3.05, 3.63) is 83.9 Å². The number of carboxylic acid groups (broad SMARTS) is 2.